The van der Waals surface area contributed by atoms with Crippen molar-refractivity contribution in [3.8, 4) is 5.75 Å². The number of carboxylic acids is 1. The van der Waals surface area contributed by atoms with Crippen molar-refractivity contribution in [3.63, 3.8) is 0 Å². The summed E-state index contributed by atoms with van der Waals surface area (Å²) in [6.07, 6.45) is -9.85. The van der Waals surface area contributed by atoms with E-state index in [1.807, 2.05) is 24.0 Å². The minimum atomic E-state index is -4.96. The van der Waals surface area contributed by atoms with Crippen molar-refractivity contribution in [1.29, 1.82) is 0 Å². The fraction of sp³-hybridized carbons (Fsp3) is 0.320. The Morgan fingerprint density at radius 3 is 2.29 bits per heavy atom. The van der Waals surface area contributed by atoms with Crippen molar-refractivity contribution in [1.82, 2.24) is 4.90 Å². The van der Waals surface area contributed by atoms with E-state index in [2.05, 4.69) is 0 Å². The highest BCUT2D eigenvalue weighted by Crippen LogP contribution is 2.38. The number of benzene rings is 3. The zero-order valence-electron chi connectivity index (χ0n) is 18.5. The van der Waals surface area contributed by atoms with Crippen molar-refractivity contribution in [2.75, 3.05) is 13.1 Å². The molecular weight excluding hydrogens is 476 g/mol. The van der Waals surface area contributed by atoms with E-state index < -0.39 is 41.6 Å². The van der Waals surface area contributed by atoms with Gasteiger partial charge in [-0.1, -0.05) is 24.3 Å². The number of ether oxygens (including phenoxy) is 1. The molecule has 0 unspecified atom stereocenters. The first kappa shape index (κ1) is 24.8. The van der Waals surface area contributed by atoms with Crippen LogP contribution in [0.1, 0.15) is 27.8 Å². The molecule has 1 aliphatic rings. The van der Waals surface area contributed by atoms with Gasteiger partial charge in [-0.25, -0.2) is 0 Å². The van der Waals surface area contributed by atoms with Crippen LogP contribution in [-0.4, -0.2) is 29.1 Å². The van der Waals surface area contributed by atoms with Gasteiger partial charge < -0.3 is 9.84 Å². The summed E-state index contributed by atoms with van der Waals surface area (Å²) in [5.41, 5.74) is -1.12. The second-order valence-electron chi connectivity index (χ2n) is 8.62. The number of nitrogens with zero attached hydrogens (tertiary/aromatic N) is 1. The number of carbonyl (C=O) groups is 1. The summed E-state index contributed by atoms with van der Waals surface area (Å²) in [6, 6.07) is 10.3. The summed E-state index contributed by atoms with van der Waals surface area (Å²) in [7, 11) is 0. The Morgan fingerprint density at radius 1 is 0.971 bits per heavy atom. The Kier molecular flexibility index (Phi) is 6.44. The van der Waals surface area contributed by atoms with E-state index in [0.29, 0.717) is 25.7 Å². The zero-order valence-corrected chi connectivity index (χ0v) is 18.5. The molecule has 4 rings (SSSR count). The van der Waals surface area contributed by atoms with Crippen molar-refractivity contribution in [3.05, 3.63) is 76.3 Å². The van der Waals surface area contributed by atoms with Gasteiger partial charge in [0.15, 0.2) is 0 Å². The average Bonchev–Trinajstić information content (AvgIpc) is 2.74. The molecule has 0 aromatic heterocycles. The molecule has 0 radical (unpaired) electrons. The molecule has 0 spiro atoms. The molecule has 1 aliphatic heterocycles. The molecule has 3 aromatic rings. The maximum Gasteiger partial charge on any atom is 0.416 e. The van der Waals surface area contributed by atoms with Crippen molar-refractivity contribution < 1.29 is 41.0 Å². The molecule has 4 nitrogen and oxygen atoms in total. The molecule has 1 fully saturated rings. The van der Waals surface area contributed by atoms with Crippen LogP contribution >= 0.6 is 0 Å². The van der Waals surface area contributed by atoms with Crippen LogP contribution in [0.15, 0.2) is 48.5 Å². The molecule has 0 bridgehead atoms. The van der Waals surface area contributed by atoms with Crippen LogP contribution in [0.4, 0.5) is 26.3 Å². The first-order valence-electron chi connectivity index (χ1n) is 10.7. The average molecular weight is 497 g/mol. The lowest BCUT2D eigenvalue weighted by molar-refractivity contribution is -0.148. The van der Waals surface area contributed by atoms with Crippen molar-refractivity contribution >= 4 is 16.7 Å². The van der Waals surface area contributed by atoms with Gasteiger partial charge in [-0.2, -0.15) is 26.3 Å². The van der Waals surface area contributed by atoms with Gasteiger partial charge in [0.2, 0.25) is 0 Å². The lowest BCUT2D eigenvalue weighted by atomic mass is 9.96. The molecule has 0 amide bonds. The summed E-state index contributed by atoms with van der Waals surface area (Å²) in [5, 5.41) is 10.7. The Morgan fingerprint density at radius 2 is 1.66 bits per heavy atom. The van der Waals surface area contributed by atoms with Crippen LogP contribution in [0, 0.1) is 12.8 Å². The predicted molar refractivity (Wildman–Crippen MR) is 116 cm³/mol. The van der Waals surface area contributed by atoms with Gasteiger partial charge in [0, 0.05) is 25.2 Å². The summed E-state index contributed by atoms with van der Waals surface area (Å²) >= 11 is 0. The maximum atomic E-state index is 13.4. The van der Waals surface area contributed by atoms with Gasteiger partial charge in [0.05, 0.1) is 17.0 Å². The van der Waals surface area contributed by atoms with Crippen LogP contribution in [0.25, 0.3) is 10.8 Å². The molecule has 0 aliphatic carbocycles. The minimum absolute atomic E-state index is 0.0980. The van der Waals surface area contributed by atoms with Crippen molar-refractivity contribution in [2.24, 2.45) is 5.92 Å². The Bertz CT molecular complexity index is 1260. The van der Waals surface area contributed by atoms with E-state index in [9.17, 15) is 31.1 Å². The van der Waals surface area contributed by atoms with Gasteiger partial charge in [-0.05, 0) is 53.1 Å². The molecule has 35 heavy (non-hydrogen) atoms. The summed E-state index contributed by atoms with van der Waals surface area (Å²) in [4.78, 5) is 13.0. The number of aryl methyl sites for hydroxylation is 1. The Hall–Kier alpha value is -3.27. The maximum absolute atomic E-state index is 13.4. The number of rotatable bonds is 6. The molecule has 1 heterocycles. The summed E-state index contributed by atoms with van der Waals surface area (Å²) in [6.45, 7) is 2.98. The monoisotopic (exact) mass is 497 g/mol. The number of aliphatic carboxylic acids is 1. The molecule has 186 valence electrons. The number of likely N-dealkylation sites (tertiary alicyclic amines) is 1. The van der Waals surface area contributed by atoms with E-state index >= 15 is 0 Å². The van der Waals surface area contributed by atoms with E-state index in [1.165, 1.54) is 0 Å². The highest BCUT2D eigenvalue weighted by atomic mass is 19.4. The molecule has 1 N–H and O–H groups in total. The Balaban J connectivity index is 1.50. The summed E-state index contributed by atoms with van der Waals surface area (Å²) in [5.74, 6) is -0.870. The fourth-order valence-electron chi connectivity index (χ4n) is 4.17. The molecular formula is C25H21F6NO3. The number of carboxylic acid groups (broad SMARTS) is 1. The lowest BCUT2D eigenvalue weighted by Crippen LogP contribution is -2.49. The predicted octanol–water partition coefficient (Wildman–Crippen LogP) is 6.28. The van der Waals surface area contributed by atoms with Crippen LogP contribution in [-0.2, 0) is 30.3 Å². The number of fused-ring (bicyclic) bond motifs is 1. The topological polar surface area (TPSA) is 49.8 Å². The molecule has 0 atom stereocenters. The van der Waals surface area contributed by atoms with E-state index in [4.69, 9.17) is 9.84 Å². The van der Waals surface area contributed by atoms with Crippen LogP contribution in [0.5, 0.6) is 5.75 Å². The van der Waals surface area contributed by atoms with Gasteiger partial charge in [0.25, 0.3) is 0 Å². The molecule has 3 aromatic carbocycles. The number of alkyl halides is 6. The smallest absolute Gasteiger partial charge is 0.416 e. The van der Waals surface area contributed by atoms with Gasteiger partial charge in [0.1, 0.15) is 12.4 Å². The first-order chi connectivity index (χ1) is 16.3. The summed E-state index contributed by atoms with van der Waals surface area (Å²) < 4.78 is 84.2. The SMILES string of the molecule is Cc1c(CN2CC(C(=O)O)C2)ccc2cc(OCc3ccc(C(F)(F)F)cc3C(F)(F)F)ccc12. The quantitative estimate of drug-likeness (QED) is 0.407. The van der Waals surface area contributed by atoms with Crippen LogP contribution in [0.3, 0.4) is 0 Å². The van der Waals surface area contributed by atoms with Gasteiger partial charge in [-0.15, -0.1) is 0 Å². The van der Waals surface area contributed by atoms with Crippen molar-refractivity contribution in [2.45, 2.75) is 32.4 Å². The van der Waals surface area contributed by atoms with Gasteiger partial charge in [-0.3, -0.25) is 9.69 Å². The highest BCUT2D eigenvalue weighted by molar-refractivity contribution is 5.87. The standard InChI is InChI=1S/C25H21F6NO3/c1-14-16(10-32-11-18(12-32)23(33)34)3-2-15-8-20(6-7-21(14)15)35-13-17-4-5-19(24(26,27)28)9-22(17)25(29,30)31/h2-9,18H,10-13H2,1H3,(H,33,34). The first-order valence-corrected chi connectivity index (χ1v) is 10.7. The second-order valence-corrected chi connectivity index (χ2v) is 8.62. The molecule has 10 heteroatoms. The second kappa shape index (κ2) is 9.07. The third kappa shape index (κ3) is 5.37. The fourth-order valence-corrected chi connectivity index (χ4v) is 4.17. The normalized spacial score (nSPS) is 15.3. The van der Waals surface area contributed by atoms with E-state index in [-0.39, 0.29) is 17.7 Å². The number of hydrogen-bond acceptors (Lipinski definition) is 3. The molecule has 1 saturated heterocycles. The van der Waals surface area contributed by atoms with E-state index in [0.717, 1.165) is 28.0 Å². The van der Waals surface area contributed by atoms with Crippen LogP contribution in [0.2, 0.25) is 0 Å². The molecule has 0 saturated carbocycles. The highest BCUT2D eigenvalue weighted by Gasteiger charge is 2.38. The lowest BCUT2D eigenvalue weighted by Gasteiger charge is -2.37. The van der Waals surface area contributed by atoms with Crippen LogP contribution < -0.4 is 4.74 Å². The number of halogens is 6. The van der Waals surface area contributed by atoms with Gasteiger partial charge >= 0.3 is 18.3 Å². The number of hydrogen-bond donors (Lipinski definition) is 1. The largest absolute Gasteiger partial charge is 0.489 e. The third-order valence-corrected chi connectivity index (χ3v) is 6.21. The zero-order chi connectivity index (χ0) is 25.5. The third-order valence-electron chi connectivity index (χ3n) is 6.21. The van der Waals surface area contributed by atoms with E-state index in [1.54, 1.807) is 18.2 Å². The Labute approximate surface area is 196 Å². The minimum Gasteiger partial charge on any atom is -0.489 e.